The van der Waals surface area contributed by atoms with Gasteiger partial charge in [-0.15, -0.1) is 0 Å². The molecule has 0 aromatic heterocycles. The van der Waals surface area contributed by atoms with Crippen LogP contribution in [0.1, 0.15) is 0 Å². The van der Waals surface area contributed by atoms with Crippen molar-refractivity contribution in [3.05, 3.63) is 48.1 Å². The van der Waals surface area contributed by atoms with Crippen molar-refractivity contribution in [2.75, 3.05) is 0 Å². The van der Waals surface area contributed by atoms with E-state index in [1.807, 2.05) is 0 Å². The van der Waals surface area contributed by atoms with Crippen LogP contribution in [0.3, 0.4) is 0 Å². The van der Waals surface area contributed by atoms with Crippen molar-refractivity contribution >= 4 is 0 Å². The number of halogens is 3. The zero-order chi connectivity index (χ0) is 9.03. The van der Waals surface area contributed by atoms with Crippen molar-refractivity contribution in [2.24, 2.45) is 0 Å². The van der Waals surface area contributed by atoms with Crippen molar-refractivity contribution in [1.29, 1.82) is 0 Å². The van der Waals surface area contributed by atoms with Gasteiger partial charge in [0.15, 0.2) is 0 Å². The molecule has 1 aliphatic carbocycles. The van der Waals surface area contributed by atoms with Gasteiger partial charge < -0.3 is 0 Å². The summed E-state index contributed by atoms with van der Waals surface area (Å²) in [6.07, 6.45) is 5.32. The van der Waals surface area contributed by atoms with Crippen molar-refractivity contribution in [2.45, 2.75) is 6.18 Å². The third-order valence-corrected chi connectivity index (χ3v) is 1.32. The van der Waals surface area contributed by atoms with Gasteiger partial charge in [0.05, 0.1) is 5.57 Å². The molecule has 3 heteroatoms. The molecule has 0 heterocycles. The summed E-state index contributed by atoms with van der Waals surface area (Å²) >= 11 is 0. The van der Waals surface area contributed by atoms with Crippen LogP contribution in [0.4, 0.5) is 13.2 Å². The first kappa shape index (κ1) is 8.84. The van der Waals surface area contributed by atoms with Gasteiger partial charge in [0.2, 0.25) is 0 Å². The minimum absolute atomic E-state index is 0.636. The molecule has 0 aromatic rings. The Hall–Kier alpha value is -1.25. The van der Waals surface area contributed by atoms with Gasteiger partial charge in [0.1, 0.15) is 0 Å². The van der Waals surface area contributed by atoms with E-state index in [9.17, 15) is 13.2 Å². The minimum Gasteiger partial charge on any atom is -0.166 e. The Balaban J connectivity index is 2.90. The number of alkyl halides is 3. The topological polar surface area (TPSA) is 0 Å². The first-order valence-electron chi connectivity index (χ1n) is 3.39. The van der Waals surface area contributed by atoms with Crippen LogP contribution in [0.15, 0.2) is 48.1 Å². The average molecular weight is 172 g/mol. The molecule has 64 valence electrons. The second-order valence-electron chi connectivity index (χ2n) is 2.25. The molecule has 0 bridgehead atoms. The van der Waals surface area contributed by atoms with Crippen molar-refractivity contribution in [3.8, 4) is 0 Å². The maximum Gasteiger partial charge on any atom is 0.416 e. The lowest BCUT2D eigenvalue weighted by Gasteiger charge is -2.06. The molecule has 0 aliphatic heterocycles. The van der Waals surface area contributed by atoms with Crippen LogP contribution in [-0.4, -0.2) is 6.18 Å². The van der Waals surface area contributed by atoms with E-state index in [1.165, 1.54) is 12.2 Å². The summed E-state index contributed by atoms with van der Waals surface area (Å²) in [5.74, 6) is 0. The van der Waals surface area contributed by atoms with Gasteiger partial charge in [-0.2, -0.15) is 13.2 Å². The smallest absolute Gasteiger partial charge is 0.166 e. The summed E-state index contributed by atoms with van der Waals surface area (Å²) in [5.41, 5.74) is -0.636. The molecular weight excluding hydrogens is 165 g/mol. The van der Waals surface area contributed by atoms with Crippen LogP contribution in [0.5, 0.6) is 0 Å². The summed E-state index contributed by atoms with van der Waals surface area (Å²) in [5, 5.41) is 0. The Kier molecular flexibility index (Phi) is 2.53. The molecule has 0 aromatic carbocycles. The van der Waals surface area contributed by atoms with Crippen LogP contribution < -0.4 is 0 Å². The van der Waals surface area contributed by atoms with E-state index in [0.29, 0.717) is 0 Å². The first-order chi connectivity index (χ1) is 5.61. The number of hydrogen-bond acceptors (Lipinski definition) is 0. The normalized spacial score (nSPS) is 22.4. The van der Waals surface area contributed by atoms with Gasteiger partial charge in [-0.3, -0.25) is 0 Å². The van der Waals surface area contributed by atoms with E-state index in [4.69, 9.17) is 0 Å². The monoisotopic (exact) mass is 172 g/mol. The molecule has 0 saturated heterocycles. The molecule has 0 radical (unpaired) electrons. The standard InChI is InChI=1S/C9H7F3/c10-9(11,12)8-6-4-2-1-3-5-7-8/h1-7H/b2-1-,3-1?,4-2?,5-3-,6-4?,7-5?,8-6?,8-7?. The van der Waals surface area contributed by atoms with Gasteiger partial charge in [0.25, 0.3) is 0 Å². The summed E-state index contributed by atoms with van der Waals surface area (Å²) in [7, 11) is 0. The molecule has 0 spiro atoms. The number of allylic oxidation sites excluding steroid dienone is 8. The molecule has 0 nitrogen and oxygen atoms in total. The molecule has 0 saturated carbocycles. The van der Waals surface area contributed by atoms with Gasteiger partial charge in [-0.1, -0.05) is 42.5 Å². The fraction of sp³-hybridized carbons (Fsp3) is 0.111. The van der Waals surface area contributed by atoms with E-state index >= 15 is 0 Å². The van der Waals surface area contributed by atoms with Gasteiger partial charge >= 0.3 is 6.18 Å². The molecule has 0 amide bonds. The lowest BCUT2D eigenvalue weighted by molar-refractivity contribution is -0.0881. The predicted octanol–water partition coefficient (Wildman–Crippen LogP) is 3.16. The fourth-order valence-corrected chi connectivity index (χ4v) is 0.755. The molecule has 12 heavy (non-hydrogen) atoms. The second-order valence-corrected chi connectivity index (χ2v) is 2.25. The van der Waals surface area contributed by atoms with Gasteiger partial charge in [-0.05, 0) is 0 Å². The van der Waals surface area contributed by atoms with E-state index < -0.39 is 11.7 Å². The van der Waals surface area contributed by atoms with Gasteiger partial charge in [0, 0.05) is 0 Å². The average Bonchev–Trinajstić information content (AvgIpc) is 1.81. The zero-order valence-corrected chi connectivity index (χ0v) is 6.18. The highest BCUT2D eigenvalue weighted by molar-refractivity contribution is 5.33. The van der Waals surface area contributed by atoms with Crippen LogP contribution in [0, 0.1) is 0 Å². The molecule has 1 rings (SSSR count). The van der Waals surface area contributed by atoms with Crippen molar-refractivity contribution in [1.82, 2.24) is 0 Å². The lowest BCUT2D eigenvalue weighted by atomic mass is 10.2. The molecule has 0 atom stereocenters. The minimum atomic E-state index is -4.26. The Bertz CT molecular complexity index is 264. The van der Waals surface area contributed by atoms with Crippen LogP contribution in [0.2, 0.25) is 0 Å². The van der Waals surface area contributed by atoms with Gasteiger partial charge in [-0.25, -0.2) is 0 Å². The maximum absolute atomic E-state index is 12.1. The molecule has 1 aliphatic rings. The largest absolute Gasteiger partial charge is 0.416 e. The van der Waals surface area contributed by atoms with E-state index in [-0.39, 0.29) is 0 Å². The number of rotatable bonds is 0. The summed E-state index contributed by atoms with van der Waals surface area (Å²) in [6, 6.07) is 0. The van der Waals surface area contributed by atoms with Crippen LogP contribution >= 0.6 is 0 Å². The molecule has 0 fully saturated rings. The summed E-state index contributed by atoms with van der Waals surface area (Å²) in [4.78, 5) is 0. The van der Waals surface area contributed by atoms with Crippen molar-refractivity contribution in [3.63, 3.8) is 0 Å². The maximum atomic E-state index is 12.1. The Labute approximate surface area is 68.4 Å². The van der Waals surface area contributed by atoms with Crippen LogP contribution in [0.25, 0.3) is 0 Å². The highest BCUT2D eigenvalue weighted by atomic mass is 19.4. The molecular formula is C9H7F3. The Morgan fingerprint density at radius 3 is 2.08 bits per heavy atom. The summed E-state index contributed by atoms with van der Waals surface area (Å²) in [6.45, 7) is 0. The summed E-state index contributed by atoms with van der Waals surface area (Å²) < 4.78 is 36.2. The van der Waals surface area contributed by atoms with Crippen molar-refractivity contribution < 1.29 is 13.2 Å². The van der Waals surface area contributed by atoms with E-state index in [0.717, 1.165) is 12.2 Å². The second kappa shape index (κ2) is 3.43. The van der Waals surface area contributed by atoms with Crippen LogP contribution in [-0.2, 0) is 0 Å². The molecule has 0 unspecified atom stereocenters. The zero-order valence-electron chi connectivity index (χ0n) is 6.18. The lowest BCUT2D eigenvalue weighted by Crippen LogP contribution is -2.09. The molecule has 0 N–H and O–H groups in total. The Morgan fingerprint density at radius 2 is 1.42 bits per heavy atom. The van der Waals surface area contributed by atoms with E-state index in [1.54, 1.807) is 18.2 Å². The third-order valence-electron chi connectivity index (χ3n) is 1.32. The third kappa shape index (κ3) is 2.42. The van der Waals surface area contributed by atoms with E-state index in [2.05, 4.69) is 0 Å². The Morgan fingerprint density at radius 1 is 0.833 bits per heavy atom. The first-order valence-corrected chi connectivity index (χ1v) is 3.39. The highest BCUT2D eigenvalue weighted by Crippen LogP contribution is 2.26. The fourth-order valence-electron chi connectivity index (χ4n) is 0.755. The predicted molar refractivity (Wildman–Crippen MR) is 41.6 cm³/mol. The SMILES string of the molecule is FC(F)(F)C1=C/C=C\C=C/C=C1. The highest BCUT2D eigenvalue weighted by Gasteiger charge is 2.30. The number of hydrogen-bond donors (Lipinski definition) is 0. The quantitative estimate of drug-likeness (QED) is 0.526.